The second-order valence-corrected chi connectivity index (χ2v) is 10.4. The van der Waals surface area contributed by atoms with Crippen LogP contribution in [-0.2, 0) is 4.79 Å². The van der Waals surface area contributed by atoms with Gasteiger partial charge in [-0.15, -0.1) is 0 Å². The molecule has 0 heterocycles. The van der Waals surface area contributed by atoms with Crippen LogP contribution < -0.4 is 0 Å². The minimum absolute atomic E-state index is 0.0243. The summed E-state index contributed by atoms with van der Waals surface area (Å²) in [5.41, 5.74) is 4.08. The molecule has 4 aliphatic carbocycles. The second kappa shape index (κ2) is 6.06. The lowest BCUT2D eigenvalue weighted by molar-refractivity contribution is -0.129. The smallest absolute Gasteiger partial charge is 0.156 e. The first-order chi connectivity index (χ1) is 12.2. The Morgan fingerprint density at radius 3 is 2.50 bits per heavy atom. The molecule has 4 rings (SSSR count). The predicted molar refractivity (Wildman–Crippen MR) is 106 cm³/mol. The fourth-order valence-electron chi connectivity index (χ4n) is 7.31. The van der Waals surface area contributed by atoms with Crippen molar-refractivity contribution < 1.29 is 9.90 Å². The van der Waals surface area contributed by atoms with E-state index < -0.39 is 5.60 Å². The van der Waals surface area contributed by atoms with Crippen molar-refractivity contribution in [3.8, 4) is 0 Å². The first-order valence-corrected chi connectivity index (χ1v) is 10.9. The van der Waals surface area contributed by atoms with Gasteiger partial charge in [0.25, 0.3) is 0 Å². The fourth-order valence-corrected chi connectivity index (χ4v) is 7.31. The Morgan fingerprint density at radius 2 is 1.85 bits per heavy atom. The largest absolute Gasteiger partial charge is 0.389 e. The summed E-state index contributed by atoms with van der Waals surface area (Å²) < 4.78 is 0. The second-order valence-electron chi connectivity index (χ2n) is 10.4. The number of fused-ring (bicyclic) bond motifs is 4. The van der Waals surface area contributed by atoms with Gasteiger partial charge in [-0.1, -0.05) is 40.2 Å². The zero-order valence-electron chi connectivity index (χ0n) is 17.3. The lowest BCUT2D eigenvalue weighted by atomic mass is 9.49. The van der Waals surface area contributed by atoms with Gasteiger partial charge in [-0.05, 0) is 85.3 Å². The molecular formula is C24H36O2. The van der Waals surface area contributed by atoms with E-state index >= 15 is 0 Å². The molecule has 0 aromatic rings. The Hall–Kier alpha value is -0.890. The average molecular weight is 357 g/mol. The highest BCUT2D eigenvalue weighted by atomic mass is 16.3. The van der Waals surface area contributed by atoms with Crippen LogP contribution >= 0.6 is 0 Å². The molecule has 2 heteroatoms. The first-order valence-electron chi connectivity index (χ1n) is 10.9. The molecule has 0 aromatic carbocycles. The Labute approximate surface area is 159 Å². The summed E-state index contributed by atoms with van der Waals surface area (Å²) >= 11 is 0. The zero-order valence-corrected chi connectivity index (χ0v) is 17.3. The van der Waals surface area contributed by atoms with E-state index in [1.54, 1.807) is 11.1 Å². The molecule has 1 N–H and O–H groups in total. The fraction of sp³-hybridized carbons (Fsp3) is 0.792. The maximum Gasteiger partial charge on any atom is 0.156 e. The topological polar surface area (TPSA) is 37.3 Å². The first kappa shape index (κ1) is 18.5. The van der Waals surface area contributed by atoms with Gasteiger partial charge in [-0.2, -0.15) is 0 Å². The predicted octanol–water partition coefficient (Wildman–Crippen LogP) is 5.46. The average Bonchev–Trinajstić information content (AvgIpc) is 2.86. The number of hydrogen-bond donors (Lipinski definition) is 1. The van der Waals surface area contributed by atoms with E-state index in [1.165, 1.54) is 12.0 Å². The van der Waals surface area contributed by atoms with E-state index in [1.807, 2.05) is 6.08 Å². The Kier molecular flexibility index (Phi) is 4.30. The van der Waals surface area contributed by atoms with E-state index in [0.29, 0.717) is 41.8 Å². The highest BCUT2D eigenvalue weighted by Gasteiger charge is 2.63. The van der Waals surface area contributed by atoms with Gasteiger partial charge in [0.2, 0.25) is 0 Å². The number of allylic oxidation sites excluding steroid dienone is 4. The number of aliphatic hydroxyl groups is 1. The summed E-state index contributed by atoms with van der Waals surface area (Å²) in [4.78, 5) is 12.0. The lowest BCUT2D eigenvalue weighted by Gasteiger charge is -2.56. The summed E-state index contributed by atoms with van der Waals surface area (Å²) in [6.07, 6.45) is 9.07. The van der Waals surface area contributed by atoms with Gasteiger partial charge in [-0.25, -0.2) is 0 Å². The van der Waals surface area contributed by atoms with Crippen LogP contribution in [0.2, 0.25) is 0 Å². The molecule has 0 aromatic heterocycles. The third-order valence-corrected chi connectivity index (χ3v) is 8.75. The molecule has 4 aliphatic rings. The number of carbonyl (C=O) groups is 1. The van der Waals surface area contributed by atoms with E-state index in [-0.39, 0.29) is 5.41 Å². The van der Waals surface area contributed by atoms with Gasteiger partial charge in [0, 0.05) is 11.8 Å². The monoisotopic (exact) mass is 356 g/mol. The zero-order chi connectivity index (χ0) is 18.9. The molecule has 2 nitrogen and oxygen atoms in total. The van der Waals surface area contributed by atoms with Gasteiger partial charge in [0.15, 0.2) is 5.78 Å². The van der Waals surface area contributed by atoms with E-state index in [2.05, 4.69) is 34.6 Å². The van der Waals surface area contributed by atoms with Crippen molar-refractivity contribution in [2.24, 2.45) is 35.0 Å². The molecule has 0 amide bonds. The van der Waals surface area contributed by atoms with Crippen LogP contribution in [-0.4, -0.2) is 16.5 Å². The molecule has 2 saturated carbocycles. The molecular weight excluding hydrogens is 320 g/mol. The maximum atomic E-state index is 12.0. The van der Waals surface area contributed by atoms with Crippen LogP contribution in [0.5, 0.6) is 0 Å². The van der Waals surface area contributed by atoms with Crippen LogP contribution in [0.25, 0.3) is 0 Å². The summed E-state index contributed by atoms with van der Waals surface area (Å²) in [6.45, 7) is 11.5. The molecule has 0 bridgehead atoms. The number of hydrogen-bond acceptors (Lipinski definition) is 2. The van der Waals surface area contributed by atoms with Crippen molar-refractivity contribution in [2.45, 2.75) is 85.2 Å². The SMILES string of the molecule is CC(C)[C@H]1C[C@@]2(C)[C@@H](CC[C@@]2(O)C(C)C)[C@@H]2CCC3=CC(=O)CCC3=C21. The van der Waals surface area contributed by atoms with Crippen molar-refractivity contribution >= 4 is 5.78 Å². The summed E-state index contributed by atoms with van der Waals surface area (Å²) in [6, 6.07) is 0. The molecule has 0 radical (unpaired) electrons. The summed E-state index contributed by atoms with van der Waals surface area (Å²) in [5.74, 6) is 3.00. The van der Waals surface area contributed by atoms with Gasteiger partial charge in [0.05, 0.1) is 5.60 Å². The van der Waals surface area contributed by atoms with Gasteiger partial charge < -0.3 is 5.11 Å². The number of carbonyl (C=O) groups excluding carboxylic acids is 1. The van der Waals surface area contributed by atoms with Gasteiger partial charge in [-0.3, -0.25) is 4.79 Å². The van der Waals surface area contributed by atoms with Crippen molar-refractivity contribution in [3.05, 3.63) is 22.8 Å². The summed E-state index contributed by atoms with van der Waals surface area (Å²) in [7, 11) is 0. The summed E-state index contributed by atoms with van der Waals surface area (Å²) in [5, 5.41) is 11.7. The molecule has 0 unspecified atom stereocenters. The van der Waals surface area contributed by atoms with Crippen LogP contribution in [0.4, 0.5) is 0 Å². The standard InChI is InChI=1S/C24H36O2/c1-14(2)20-13-23(5)21(10-11-24(23,26)15(3)4)19-8-6-16-12-17(25)7-9-18(16)22(19)20/h12,14-15,19-21,26H,6-11,13H2,1-5H3/t19-,20+,21-,23-,24+/m0/s1. The maximum absolute atomic E-state index is 12.0. The van der Waals surface area contributed by atoms with E-state index in [9.17, 15) is 9.90 Å². The Balaban J connectivity index is 1.84. The van der Waals surface area contributed by atoms with Crippen molar-refractivity contribution in [2.75, 3.05) is 0 Å². The van der Waals surface area contributed by atoms with Crippen molar-refractivity contribution in [3.63, 3.8) is 0 Å². The quantitative estimate of drug-likeness (QED) is 0.713. The van der Waals surface area contributed by atoms with Crippen LogP contribution in [0.3, 0.4) is 0 Å². The van der Waals surface area contributed by atoms with Crippen LogP contribution in [0, 0.1) is 35.0 Å². The minimum Gasteiger partial charge on any atom is -0.389 e. The highest BCUT2D eigenvalue weighted by molar-refractivity contribution is 5.93. The number of ketones is 1. The molecule has 2 fully saturated rings. The van der Waals surface area contributed by atoms with E-state index in [0.717, 1.165) is 32.1 Å². The third-order valence-electron chi connectivity index (χ3n) is 8.75. The molecule has 0 spiro atoms. The van der Waals surface area contributed by atoms with Gasteiger partial charge in [0.1, 0.15) is 0 Å². The normalized spacial score (nSPS) is 42.7. The van der Waals surface area contributed by atoms with Crippen molar-refractivity contribution in [1.29, 1.82) is 0 Å². The molecule has 0 saturated heterocycles. The molecule has 26 heavy (non-hydrogen) atoms. The third kappa shape index (κ3) is 2.37. The minimum atomic E-state index is -0.528. The van der Waals surface area contributed by atoms with Crippen LogP contribution in [0.15, 0.2) is 22.8 Å². The van der Waals surface area contributed by atoms with Crippen LogP contribution in [0.1, 0.15) is 79.6 Å². The Bertz CT molecular complexity index is 682. The number of rotatable bonds is 2. The van der Waals surface area contributed by atoms with Crippen molar-refractivity contribution in [1.82, 2.24) is 0 Å². The molecule has 5 atom stereocenters. The molecule has 0 aliphatic heterocycles. The lowest BCUT2D eigenvalue weighted by Crippen LogP contribution is -2.55. The highest BCUT2D eigenvalue weighted by Crippen LogP contribution is 2.67. The molecule has 144 valence electrons. The Morgan fingerprint density at radius 1 is 1.12 bits per heavy atom. The van der Waals surface area contributed by atoms with Gasteiger partial charge >= 0.3 is 0 Å². The van der Waals surface area contributed by atoms with E-state index in [4.69, 9.17) is 0 Å².